The molecule has 1 radical (unpaired) electrons. The lowest BCUT2D eigenvalue weighted by molar-refractivity contribution is 0.548. The molecule has 1 nitrogen and oxygen atoms in total. The highest BCUT2D eigenvalue weighted by Crippen LogP contribution is 1.95. The van der Waals surface area contributed by atoms with Crippen molar-refractivity contribution in [2.45, 2.75) is 19.3 Å². The largest absolute Gasteiger partial charge is 0.291 e. The zero-order chi connectivity index (χ0) is 5.54. The second kappa shape index (κ2) is 6.40. The van der Waals surface area contributed by atoms with Crippen molar-refractivity contribution >= 4 is 28.9 Å². The van der Waals surface area contributed by atoms with Gasteiger partial charge in [0.1, 0.15) is 0 Å². The van der Waals surface area contributed by atoms with Crippen LogP contribution in [0.3, 0.4) is 0 Å². The molecule has 0 unspecified atom stereocenters. The molecule has 0 atom stereocenters. The molecule has 0 heterocycles. The van der Waals surface area contributed by atoms with Gasteiger partial charge in [-0.15, -0.1) is 0 Å². The van der Waals surface area contributed by atoms with E-state index in [1.54, 1.807) is 0 Å². The van der Waals surface area contributed by atoms with Crippen molar-refractivity contribution < 1.29 is 4.79 Å². The predicted octanol–water partition coefficient (Wildman–Crippen LogP) is 1.70. The Hall–Kier alpha value is 0.400. The van der Waals surface area contributed by atoms with Gasteiger partial charge in [-0.05, 0) is 17.3 Å². The van der Waals surface area contributed by atoms with Gasteiger partial charge >= 0.3 is 0 Å². The number of halogens is 1. The van der Waals surface area contributed by atoms with E-state index in [0.29, 0.717) is 6.42 Å². The average Bonchev–Trinajstić information content (AvgIpc) is 1.69. The molecule has 0 aliphatic rings. The highest BCUT2D eigenvalue weighted by molar-refractivity contribution is 14.1. The van der Waals surface area contributed by atoms with Gasteiger partial charge in [0.25, 0.3) is 0 Å². The molecule has 0 aromatic heterocycles. The number of hydrogen-bond acceptors (Lipinski definition) is 1. The fraction of sp³-hybridized carbons (Fsp3) is 0.800. The van der Waals surface area contributed by atoms with Crippen LogP contribution in [0, 0.1) is 0 Å². The summed E-state index contributed by atoms with van der Waals surface area (Å²) in [7, 11) is 0. The van der Waals surface area contributed by atoms with E-state index in [4.69, 9.17) is 0 Å². The van der Waals surface area contributed by atoms with Crippen molar-refractivity contribution in [1.29, 1.82) is 0 Å². The molecule has 0 aromatic rings. The van der Waals surface area contributed by atoms with E-state index in [1.165, 1.54) is 0 Å². The SMILES string of the molecule is O=[C]CCCCI. The smallest absolute Gasteiger partial charge is 0.198 e. The van der Waals surface area contributed by atoms with E-state index in [2.05, 4.69) is 22.6 Å². The molecule has 0 rings (SSSR count). The second-order valence-electron chi connectivity index (χ2n) is 1.29. The lowest BCUT2D eigenvalue weighted by Gasteiger charge is -1.83. The molecule has 0 bridgehead atoms. The molecule has 0 aliphatic heterocycles. The molecule has 0 fully saturated rings. The highest BCUT2D eigenvalue weighted by Gasteiger charge is 1.82. The molecule has 0 aliphatic carbocycles. The van der Waals surface area contributed by atoms with Gasteiger partial charge in [-0.2, -0.15) is 0 Å². The monoisotopic (exact) mass is 211 g/mol. The zero-order valence-corrected chi connectivity index (χ0v) is 6.27. The van der Waals surface area contributed by atoms with E-state index in [1.807, 2.05) is 6.29 Å². The van der Waals surface area contributed by atoms with Gasteiger partial charge in [0.05, 0.1) is 0 Å². The number of alkyl halides is 1. The zero-order valence-electron chi connectivity index (χ0n) is 4.11. The van der Waals surface area contributed by atoms with Crippen LogP contribution in [0.2, 0.25) is 0 Å². The van der Waals surface area contributed by atoms with Crippen molar-refractivity contribution in [2.75, 3.05) is 4.43 Å². The first kappa shape index (κ1) is 7.40. The Morgan fingerprint density at radius 1 is 1.43 bits per heavy atom. The molecule has 2 heteroatoms. The van der Waals surface area contributed by atoms with Gasteiger partial charge in [0.2, 0.25) is 0 Å². The Morgan fingerprint density at radius 3 is 2.57 bits per heavy atom. The molecule has 0 N–H and O–H groups in total. The standard InChI is InChI=1S/C5H8IO/c6-4-2-1-3-5-7/h1-4H2. The minimum atomic E-state index is 0.614. The number of unbranched alkanes of at least 4 members (excludes halogenated alkanes) is 2. The Kier molecular flexibility index (Phi) is 6.77. The second-order valence-corrected chi connectivity index (χ2v) is 2.37. The summed E-state index contributed by atoms with van der Waals surface area (Å²) in [6.07, 6.45) is 4.62. The maximum atomic E-state index is 9.55. The van der Waals surface area contributed by atoms with Crippen molar-refractivity contribution in [3.05, 3.63) is 0 Å². The molecule has 7 heavy (non-hydrogen) atoms. The first-order chi connectivity index (χ1) is 3.41. The summed E-state index contributed by atoms with van der Waals surface area (Å²) in [5.74, 6) is 0. The number of hydrogen-bond donors (Lipinski definition) is 0. The first-order valence-corrected chi connectivity index (χ1v) is 3.85. The maximum absolute atomic E-state index is 9.55. The fourth-order valence-corrected chi connectivity index (χ4v) is 0.831. The normalized spacial score (nSPS) is 8.71. The van der Waals surface area contributed by atoms with Crippen LogP contribution in [-0.2, 0) is 4.79 Å². The topological polar surface area (TPSA) is 17.1 Å². The quantitative estimate of drug-likeness (QED) is 0.393. The summed E-state index contributed by atoms with van der Waals surface area (Å²) >= 11 is 2.30. The van der Waals surface area contributed by atoms with E-state index in [0.717, 1.165) is 17.3 Å². The molecule has 0 saturated carbocycles. The Bertz CT molecular complexity index is 45.3. The summed E-state index contributed by atoms with van der Waals surface area (Å²) in [5, 5.41) is 0. The van der Waals surface area contributed by atoms with Gasteiger partial charge in [0, 0.05) is 6.42 Å². The van der Waals surface area contributed by atoms with Crippen LogP contribution in [0.15, 0.2) is 0 Å². The maximum Gasteiger partial charge on any atom is 0.198 e. The van der Waals surface area contributed by atoms with Crippen molar-refractivity contribution in [1.82, 2.24) is 0 Å². The van der Waals surface area contributed by atoms with Crippen molar-refractivity contribution in [3.8, 4) is 0 Å². The molecule has 0 spiro atoms. The summed E-state index contributed by atoms with van der Waals surface area (Å²) < 4.78 is 1.15. The highest BCUT2D eigenvalue weighted by atomic mass is 127. The van der Waals surface area contributed by atoms with Crippen molar-refractivity contribution in [3.63, 3.8) is 0 Å². The average molecular weight is 211 g/mol. The Morgan fingerprint density at radius 2 is 2.14 bits per heavy atom. The van der Waals surface area contributed by atoms with Gasteiger partial charge in [-0.25, -0.2) is 0 Å². The summed E-state index contributed by atoms with van der Waals surface area (Å²) in [6.45, 7) is 0. The van der Waals surface area contributed by atoms with Crippen LogP contribution in [0.1, 0.15) is 19.3 Å². The number of rotatable bonds is 4. The third kappa shape index (κ3) is 6.40. The van der Waals surface area contributed by atoms with E-state index in [-0.39, 0.29) is 0 Å². The molecule has 0 saturated heterocycles. The third-order valence-corrected chi connectivity index (χ3v) is 1.43. The number of carbonyl (C=O) groups excluding carboxylic acids is 1. The lowest BCUT2D eigenvalue weighted by atomic mass is 10.3. The third-order valence-electron chi connectivity index (χ3n) is 0.662. The molecule has 0 amide bonds. The van der Waals surface area contributed by atoms with Crippen LogP contribution >= 0.6 is 22.6 Å². The summed E-state index contributed by atoms with van der Waals surface area (Å²) in [5.41, 5.74) is 0. The van der Waals surface area contributed by atoms with Crippen LogP contribution < -0.4 is 0 Å². The van der Waals surface area contributed by atoms with E-state index >= 15 is 0 Å². The minimum Gasteiger partial charge on any atom is -0.291 e. The predicted molar refractivity (Wildman–Crippen MR) is 38.4 cm³/mol. The first-order valence-electron chi connectivity index (χ1n) is 2.32. The van der Waals surface area contributed by atoms with E-state index in [9.17, 15) is 4.79 Å². The van der Waals surface area contributed by atoms with Crippen molar-refractivity contribution in [2.24, 2.45) is 0 Å². The summed E-state index contributed by atoms with van der Waals surface area (Å²) in [6, 6.07) is 0. The van der Waals surface area contributed by atoms with Crippen LogP contribution in [0.5, 0.6) is 0 Å². The van der Waals surface area contributed by atoms with E-state index < -0.39 is 0 Å². The fourth-order valence-electron chi connectivity index (χ4n) is 0.292. The lowest BCUT2D eigenvalue weighted by Crippen LogP contribution is -1.76. The van der Waals surface area contributed by atoms with Crippen LogP contribution in [-0.4, -0.2) is 10.7 Å². The molecule has 41 valence electrons. The Balaban J connectivity index is 2.56. The van der Waals surface area contributed by atoms with Crippen LogP contribution in [0.25, 0.3) is 0 Å². The molecule has 0 aromatic carbocycles. The van der Waals surface area contributed by atoms with Crippen LogP contribution in [0.4, 0.5) is 0 Å². The van der Waals surface area contributed by atoms with Gasteiger partial charge < -0.3 is 0 Å². The minimum absolute atomic E-state index is 0.614. The molecular formula is C5H8IO. The van der Waals surface area contributed by atoms with Gasteiger partial charge in [0.15, 0.2) is 6.29 Å². The van der Waals surface area contributed by atoms with Gasteiger partial charge in [-0.1, -0.05) is 22.6 Å². The van der Waals surface area contributed by atoms with Gasteiger partial charge in [-0.3, -0.25) is 4.79 Å². The Labute approximate surface area is 57.6 Å². The summed E-state index contributed by atoms with van der Waals surface area (Å²) in [4.78, 5) is 9.55. The molecular weight excluding hydrogens is 203 g/mol.